The zero-order valence-corrected chi connectivity index (χ0v) is 5.78. The van der Waals surface area contributed by atoms with Gasteiger partial charge < -0.3 is 0 Å². The first-order valence-electron chi connectivity index (χ1n) is 1.87. The van der Waals surface area contributed by atoms with E-state index in [9.17, 15) is 0 Å². The summed E-state index contributed by atoms with van der Waals surface area (Å²) in [6.07, 6.45) is 8.52. The average Bonchev–Trinajstić information content (AvgIpc) is 1.86. The molecular weight excluding hydrogens is 250 g/mol. The summed E-state index contributed by atoms with van der Waals surface area (Å²) < 4.78 is 0.713. The SMILES string of the molecule is [Os][CH]1C=CC=C1. The van der Waals surface area contributed by atoms with Crippen LogP contribution in [0.15, 0.2) is 24.3 Å². The molecule has 6 heavy (non-hydrogen) atoms. The van der Waals surface area contributed by atoms with Gasteiger partial charge in [-0.1, -0.05) is 0 Å². The zero-order chi connectivity index (χ0) is 4.41. The molecule has 0 radical (unpaired) electrons. The van der Waals surface area contributed by atoms with Gasteiger partial charge in [0.15, 0.2) is 0 Å². The van der Waals surface area contributed by atoms with Crippen LogP contribution in [-0.2, 0) is 18.6 Å². The number of rotatable bonds is 0. The van der Waals surface area contributed by atoms with Crippen LogP contribution >= 0.6 is 0 Å². The van der Waals surface area contributed by atoms with Crippen LogP contribution in [0.4, 0.5) is 0 Å². The molecule has 0 bridgehead atoms. The summed E-state index contributed by atoms with van der Waals surface area (Å²) in [7, 11) is 0. The first-order chi connectivity index (χ1) is 2.89. The van der Waals surface area contributed by atoms with Crippen LogP contribution in [0.3, 0.4) is 0 Å². The van der Waals surface area contributed by atoms with E-state index >= 15 is 0 Å². The molecule has 0 nitrogen and oxygen atoms in total. The van der Waals surface area contributed by atoms with Crippen molar-refractivity contribution in [2.24, 2.45) is 0 Å². The van der Waals surface area contributed by atoms with Crippen LogP contribution in [-0.4, -0.2) is 0 Å². The van der Waals surface area contributed by atoms with Gasteiger partial charge in [0.2, 0.25) is 0 Å². The fraction of sp³-hybridized carbons (Fsp3) is 0.200. The molecular formula is C5H5Os. The van der Waals surface area contributed by atoms with E-state index in [0.29, 0.717) is 4.47 Å². The van der Waals surface area contributed by atoms with Crippen LogP contribution in [0.25, 0.3) is 0 Å². The first-order valence-corrected chi connectivity index (χ1v) is 3.34. The fourth-order valence-electron chi connectivity index (χ4n) is 0.399. The van der Waals surface area contributed by atoms with Gasteiger partial charge in [-0.3, -0.25) is 0 Å². The van der Waals surface area contributed by atoms with Gasteiger partial charge in [0.1, 0.15) is 0 Å². The summed E-state index contributed by atoms with van der Waals surface area (Å²) >= 11 is 1.99. The van der Waals surface area contributed by atoms with E-state index in [2.05, 4.69) is 24.3 Å². The van der Waals surface area contributed by atoms with Crippen LogP contribution < -0.4 is 0 Å². The minimum atomic E-state index is 0.713. The Labute approximate surface area is 47.9 Å². The predicted octanol–water partition coefficient (Wildman–Crippen LogP) is 1.45. The molecule has 0 amide bonds. The predicted molar refractivity (Wildman–Crippen MR) is 22.0 cm³/mol. The van der Waals surface area contributed by atoms with Crippen LogP contribution in [0, 0.1) is 0 Å². The van der Waals surface area contributed by atoms with Crippen molar-refractivity contribution in [1.29, 1.82) is 0 Å². The minimum absolute atomic E-state index is 0.713. The van der Waals surface area contributed by atoms with Crippen molar-refractivity contribution >= 4 is 0 Å². The van der Waals surface area contributed by atoms with Gasteiger partial charge >= 0.3 is 47.4 Å². The summed E-state index contributed by atoms with van der Waals surface area (Å²) in [5.41, 5.74) is 0. The van der Waals surface area contributed by atoms with Gasteiger partial charge in [-0.05, 0) is 0 Å². The second kappa shape index (κ2) is 1.71. The van der Waals surface area contributed by atoms with Crippen molar-refractivity contribution in [3.63, 3.8) is 0 Å². The molecule has 0 atom stereocenters. The average molecular weight is 255 g/mol. The van der Waals surface area contributed by atoms with Crippen molar-refractivity contribution in [2.45, 2.75) is 4.47 Å². The van der Waals surface area contributed by atoms with E-state index in [-0.39, 0.29) is 0 Å². The molecule has 0 unspecified atom stereocenters. The van der Waals surface area contributed by atoms with Crippen molar-refractivity contribution < 1.29 is 18.6 Å². The van der Waals surface area contributed by atoms with Crippen molar-refractivity contribution in [1.82, 2.24) is 0 Å². The first kappa shape index (κ1) is 4.28. The fourth-order valence-corrected chi connectivity index (χ4v) is 0.964. The topological polar surface area (TPSA) is 0 Å². The van der Waals surface area contributed by atoms with Crippen LogP contribution in [0.5, 0.6) is 0 Å². The quantitative estimate of drug-likeness (QED) is 0.614. The summed E-state index contributed by atoms with van der Waals surface area (Å²) in [6.45, 7) is 0. The van der Waals surface area contributed by atoms with E-state index in [0.717, 1.165) is 0 Å². The Bertz CT molecular complexity index is 80.1. The Morgan fingerprint density at radius 2 is 1.67 bits per heavy atom. The Balaban J connectivity index is 2.60. The third-order valence-electron chi connectivity index (χ3n) is 0.692. The van der Waals surface area contributed by atoms with Gasteiger partial charge in [0, 0.05) is 0 Å². The molecule has 0 fully saturated rings. The second-order valence-electron chi connectivity index (χ2n) is 1.20. The molecule has 0 saturated carbocycles. The van der Waals surface area contributed by atoms with Gasteiger partial charge in [-0.25, -0.2) is 0 Å². The Hall–Kier alpha value is 0.116. The molecule has 0 saturated heterocycles. The summed E-state index contributed by atoms with van der Waals surface area (Å²) in [4.78, 5) is 0. The zero-order valence-electron chi connectivity index (χ0n) is 3.24. The summed E-state index contributed by atoms with van der Waals surface area (Å²) in [6, 6.07) is 0. The van der Waals surface area contributed by atoms with Crippen molar-refractivity contribution in [3.8, 4) is 0 Å². The molecule has 1 heteroatoms. The third-order valence-corrected chi connectivity index (χ3v) is 1.67. The maximum absolute atomic E-state index is 2.18. The third kappa shape index (κ3) is 0.789. The molecule has 0 aromatic rings. The standard InChI is InChI=1S/C5H5.Os/c1-2-4-5-3-1;/h1-5H;. The van der Waals surface area contributed by atoms with E-state index in [4.69, 9.17) is 0 Å². The summed E-state index contributed by atoms with van der Waals surface area (Å²) in [5, 5.41) is 0. The van der Waals surface area contributed by atoms with Crippen LogP contribution in [0.2, 0.25) is 4.47 Å². The molecule has 33 valence electrons. The van der Waals surface area contributed by atoms with Gasteiger partial charge in [-0.15, -0.1) is 0 Å². The molecule has 0 spiro atoms. The monoisotopic (exact) mass is 257 g/mol. The van der Waals surface area contributed by atoms with E-state index in [1.165, 1.54) is 0 Å². The molecule has 1 aliphatic rings. The normalized spacial score (nSPS) is 20.2. The Kier molecular flexibility index (Phi) is 1.22. The van der Waals surface area contributed by atoms with Crippen LogP contribution in [0.1, 0.15) is 0 Å². The molecule has 0 aliphatic heterocycles. The molecule has 0 aromatic carbocycles. The van der Waals surface area contributed by atoms with Gasteiger partial charge in [0.25, 0.3) is 0 Å². The molecule has 1 aliphatic carbocycles. The van der Waals surface area contributed by atoms with E-state index in [1.54, 1.807) is 0 Å². The van der Waals surface area contributed by atoms with E-state index < -0.39 is 0 Å². The summed E-state index contributed by atoms with van der Waals surface area (Å²) in [5.74, 6) is 0. The number of allylic oxidation sites excluding steroid dienone is 4. The van der Waals surface area contributed by atoms with Gasteiger partial charge in [0.05, 0.1) is 0 Å². The Morgan fingerprint density at radius 1 is 1.17 bits per heavy atom. The molecule has 1 rings (SSSR count). The molecule has 0 heterocycles. The van der Waals surface area contributed by atoms with Crippen molar-refractivity contribution in [3.05, 3.63) is 24.3 Å². The number of hydrogen-bond donors (Lipinski definition) is 0. The number of hydrogen-bond acceptors (Lipinski definition) is 0. The van der Waals surface area contributed by atoms with E-state index in [1.807, 2.05) is 18.6 Å². The maximum atomic E-state index is 2.18. The molecule has 0 N–H and O–H groups in total. The van der Waals surface area contributed by atoms with Gasteiger partial charge in [-0.2, -0.15) is 0 Å². The Morgan fingerprint density at radius 3 is 1.83 bits per heavy atom. The molecule has 0 aromatic heterocycles. The second-order valence-corrected chi connectivity index (χ2v) is 2.89. The van der Waals surface area contributed by atoms with Crippen molar-refractivity contribution in [2.75, 3.05) is 0 Å².